The monoisotopic (exact) mass is 265 g/mol. The predicted octanol–water partition coefficient (Wildman–Crippen LogP) is 2.28. The van der Waals surface area contributed by atoms with Crippen LogP contribution in [0.1, 0.15) is 18.4 Å². The molecular formula is C11H8BrNO2. The Morgan fingerprint density at radius 1 is 1.47 bits per heavy atom. The van der Waals surface area contributed by atoms with Crippen molar-refractivity contribution in [1.29, 1.82) is 5.26 Å². The first-order valence-electron chi connectivity index (χ1n) is 4.50. The molecule has 1 aromatic rings. The molecule has 0 aromatic heterocycles. The van der Waals surface area contributed by atoms with Crippen molar-refractivity contribution >= 4 is 21.7 Å². The van der Waals surface area contributed by atoms with E-state index in [0.29, 0.717) is 10.0 Å². The number of halogens is 1. The average Bonchev–Trinajstić information content (AvgIpc) is 2.14. The molecule has 1 fully saturated rings. The minimum Gasteiger partial charge on any atom is -0.508 e. The zero-order chi connectivity index (χ0) is 11.1. The fourth-order valence-corrected chi connectivity index (χ4v) is 2.65. The summed E-state index contributed by atoms with van der Waals surface area (Å²) in [5.41, 5.74) is -0.298. The lowest BCUT2D eigenvalue weighted by Gasteiger charge is -2.35. The lowest BCUT2D eigenvalue weighted by molar-refractivity contribution is -0.126. The number of carbonyl (C=O) groups is 1. The molecule has 15 heavy (non-hydrogen) atoms. The highest BCUT2D eigenvalue weighted by atomic mass is 79.9. The van der Waals surface area contributed by atoms with Gasteiger partial charge in [-0.05, 0) is 12.1 Å². The molecule has 1 saturated carbocycles. The maximum absolute atomic E-state index is 11.0. The standard InChI is InChI=1S/C11H8BrNO2/c12-8-2-1-3-9(15)10(8)11(6-13)4-7(14)5-11/h1-3,15H,4-5H2. The molecule has 0 atom stereocenters. The SMILES string of the molecule is N#CC1(c2c(O)cccc2Br)CC(=O)C1. The number of ketones is 1. The molecule has 1 aliphatic carbocycles. The average molecular weight is 266 g/mol. The van der Waals surface area contributed by atoms with Gasteiger partial charge in [-0.3, -0.25) is 4.79 Å². The van der Waals surface area contributed by atoms with Gasteiger partial charge in [-0.25, -0.2) is 0 Å². The van der Waals surface area contributed by atoms with Crippen molar-refractivity contribution in [3.8, 4) is 11.8 Å². The number of rotatable bonds is 1. The van der Waals surface area contributed by atoms with Crippen LogP contribution in [0, 0.1) is 11.3 Å². The van der Waals surface area contributed by atoms with E-state index in [-0.39, 0.29) is 24.4 Å². The molecule has 0 bridgehead atoms. The summed E-state index contributed by atoms with van der Waals surface area (Å²) in [6.07, 6.45) is 0.388. The Kier molecular flexibility index (Phi) is 2.28. The molecule has 0 amide bonds. The van der Waals surface area contributed by atoms with Crippen molar-refractivity contribution in [2.75, 3.05) is 0 Å². The van der Waals surface area contributed by atoms with Crippen LogP contribution in [0.3, 0.4) is 0 Å². The number of Topliss-reactive ketones (excluding diaryl/α,β-unsaturated/α-hetero) is 1. The van der Waals surface area contributed by atoms with E-state index in [9.17, 15) is 9.90 Å². The smallest absolute Gasteiger partial charge is 0.136 e. The highest BCUT2D eigenvalue weighted by Gasteiger charge is 2.48. The van der Waals surface area contributed by atoms with Gasteiger partial charge in [0, 0.05) is 22.9 Å². The number of hydrogen-bond acceptors (Lipinski definition) is 3. The molecule has 76 valence electrons. The third-order valence-corrected chi connectivity index (χ3v) is 3.34. The number of benzene rings is 1. The van der Waals surface area contributed by atoms with E-state index in [1.165, 1.54) is 6.07 Å². The first-order valence-corrected chi connectivity index (χ1v) is 5.29. The second-order valence-electron chi connectivity index (χ2n) is 3.72. The van der Waals surface area contributed by atoms with E-state index >= 15 is 0 Å². The van der Waals surface area contributed by atoms with Crippen LogP contribution in [0.25, 0.3) is 0 Å². The normalized spacial score (nSPS) is 18.0. The molecule has 3 nitrogen and oxygen atoms in total. The van der Waals surface area contributed by atoms with Crippen molar-refractivity contribution in [3.63, 3.8) is 0 Å². The molecule has 1 N–H and O–H groups in total. The molecule has 2 rings (SSSR count). The van der Waals surface area contributed by atoms with Crippen LogP contribution < -0.4 is 0 Å². The Morgan fingerprint density at radius 2 is 2.13 bits per heavy atom. The topological polar surface area (TPSA) is 61.1 Å². The lowest BCUT2D eigenvalue weighted by Crippen LogP contribution is -2.40. The summed E-state index contributed by atoms with van der Waals surface area (Å²) in [4.78, 5) is 11.0. The minimum atomic E-state index is -0.832. The Hall–Kier alpha value is -1.34. The predicted molar refractivity (Wildman–Crippen MR) is 57.3 cm³/mol. The first-order chi connectivity index (χ1) is 7.09. The molecular weight excluding hydrogens is 258 g/mol. The number of nitriles is 1. The van der Waals surface area contributed by atoms with Crippen molar-refractivity contribution in [2.24, 2.45) is 0 Å². The summed E-state index contributed by atoms with van der Waals surface area (Å²) < 4.78 is 0.677. The maximum Gasteiger partial charge on any atom is 0.136 e. The molecule has 0 unspecified atom stereocenters. The zero-order valence-corrected chi connectivity index (χ0v) is 9.41. The third kappa shape index (κ3) is 1.44. The number of hydrogen-bond donors (Lipinski definition) is 1. The molecule has 1 aliphatic rings. The van der Waals surface area contributed by atoms with Gasteiger partial charge in [-0.15, -0.1) is 0 Å². The van der Waals surface area contributed by atoms with Crippen molar-refractivity contribution in [1.82, 2.24) is 0 Å². The molecule has 0 aliphatic heterocycles. The molecule has 0 saturated heterocycles. The quantitative estimate of drug-likeness (QED) is 0.848. The Morgan fingerprint density at radius 3 is 2.60 bits per heavy atom. The Bertz CT molecular complexity index is 448. The van der Waals surface area contributed by atoms with Crippen molar-refractivity contribution in [3.05, 3.63) is 28.2 Å². The van der Waals surface area contributed by atoms with E-state index in [4.69, 9.17) is 5.26 Å². The minimum absolute atomic E-state index is 0.0618. The van der Waals surface area contributed by atoms with E-state index < -0.39 is 5.41 Å². The summed E-state index contributed by atoms with van der Waals surface area (Å²) in [6.45, 7) is 0. The van der Waals surface area contributed by atoms with Gasteiger partial charge >= 0.3 is 0 Å². The van der Waals surface area contributed by atoms with Crippen LogP contribution in [0.4, 0.5) is 0 Å². The first kappa shape index (κ1) is 10.2. The van der Waals surface area contributed by atoms with Crippen molar-refractivity contribution in [2.45, 2.75) is 18.3 Å². The van der Waals surface area contributed by atoms with Crippen LogP contribution in [-0.2, 0) is 10.2 Å². The molecule has 1 aromatic carbocycles. The molecule has 0 spiro atoms. The van der Waals surface area contributed by atoms with Crippen LogP contribution in [0.2, 0.25) is 0 Å². The van der Waals surface area contributed by atoms with Crippen LogP contribution in [-0.4, -0.2) is 10.9 Å². The fourth-order valence-electron chi connectivity index (χ4n) is 1.92. The summed E-state index contributed by atoms with van der Waals surface area (Å²) in [5, 5.41) is 18.8. The zero-order valence-electron chi connectivity index (χ0n) is 7.83. The van der Waals surface area contributed by atoms with Gasteiger partial charge < -0.3 is 5.11 Å². The summed E-state index contributed by atoms with van der Waals surface area (Å²) in [7, 11) is 0. The van der Waals surface area contributed by atoms with Gasteiger partial charge in [-0.1, -0.05) is 22.0 Å². The van der Waals surface area contributed by atoms with Crippen LogP contribution >= 0.6 is 15.9 Å². The molecule has 0 heterocycles. The lowest BCUT2D eigenvalue weighted by atomic mass is 9.64. The Balaban J connectivity index is 2.54. The molecule has 4 heteroatoms. The highest BCUT2D eigenvalue weighted by molar-refractivity contribution is 9.10. The molecule has 0 radical (unpaired) electrons. The fraction of sp³-hybridized carbons (Fsp3) is 0.273. The highest BCUT2D eigenvalue weighted by Crippen LogP contribution is 2.47. The van der Waals surface area contributed by atoms with Gasteiger partial charge in [-0.2, -0.15) is 5.26 Å². The number of carbonyl (C=O) groups excluding carboxylic acids is 1. The van der Waals surface area contributed by atoms with E-state index in [2.05, 4.69) is 22.0 Å². The van der Waals surface area contributed by atoms with E-state index in [1.54, 1.807) is 12.1 Å². The largest absolute Gasteiger partial charge is 0.508 e. The van der Waals surface area contributed by atoms with Gasteiger partial charge in [0.25, 0.3) is 0 Å². The van der Waals surface area contributed by atoms with Crippen LogP contribution in [0.15, 0.2) is 22.7 Å². The van der Waals surface area contributed by atoms with Gasteiger partial charge in [0.2, 0.25) is 0 Å². The van der Waals surface area contributed by atoms with Gasteiger partial charge in [0.1, 0.15) is 16.9 Å². The summed E-state index contributed by atoms with van der Waals surface area (Å²) in [6, 6.07) is 7.11. The van der Waals surface area contributed by atoms with E-state index in [1.807, 2.05) is 0 Å². The Labute approximate surface area is 95.5 Å². The third-order valence-electron chi connectivity index (χ3n) is 2.68. The second-order valence-corrected chi connectivity index (χ2v) is 4.57. The van der Waals surface area contributed by atoms with Gasteiger partial charge in [0.15, 0.2) is 0 Å². The second kappa shape index (κ2) is 3.35. The summed E-state index contributed by atoms with van der Waals surface area (Å²) in [5.74, 6) is 0.130. The number of nitrogens with zero attached hydrogens (tertiary/aromatic N) is 1. The maximum atomic E-state index is 11.0. The van der Waals surface area contributed by atoms with Crippen LogP contribution in [0.5, 0.6) is 5.75 Å². The van der Waals surface area contributed by atoms with E-state index in [0.717, 1.165) is 0 Å². The number of phenolic OH excluding ortho intramolecular Hbond substituents is 1. The number of phenols is 1. The van der Waals surface area contributed by atoms with Crippen molar-refractivity contribution < 1.29 is 9.90 Å². The summed E-state index contributed by atoms with van der Waals surface area (Å²) >= 11 is 3.30. The number of aromatic hydroxyl groups is 1. The van der Waals surface area contributed by atoms with Gasteiger partial charge in [0.05, 0.1) is 6.07 Å².